The number of halogens is 1. The van der Waals surface area contributed by atoms with Gasteiger partial charge in [-0.3, -0.25) is 4.79 Å². The van der Waals surface area contributed by atoms with E-state index in [1.54, 1.807) is 0 Å². The molecule has 0 aliphatic rings. The third-order valence-corrected chi connectivity index (χ3v) is 3.60. The van der Waals surface area contributed by atoms with Gasteiger partial charge in [-0.15, -0.1) is 11.3 Å². The molecular formula is C11H16ClNOS. The quantitative estimate of drug-likeness (QED) is 0.838. The predicted octanol–water partition coefficient (Wildman–Crippen LogP) is 2.89. The molecule has 0 saturated heterocycles. The lowest BCUT2D eigenvalue weighted by Gasteiger charge is -2.08. The summed E-state index contributed by atoms with van der Waals surface area (Å²) in [7, 11) is 0. The molecule has 0 spiro atoms. The van der Waals surface area contributed by atoms with Crippen LogP contribution in [0.2, 0.25) is 4.34 Å². The summed E-state index contributed by atoms with van der Waals surface area (Å²) in [5, 5.41) is 0. The topological polar surface area (TPSA) is 43.1 Å². The van der Waals surface area contributed by atoms with Crippen molar-refractivity contribution in [1.29, 1.82) is 0 Å². The first kappa shape index (κ1) is 12.7. The average Bonchev–Trinajstić information content (AvgIpc) is 2.60. The zero-order chi connectivity index (χ0) is 11.3. The van der Waals surface area contributed by atoms with Crippen LogP contribution in [0.4, 0.5) is 0 Å². The van der Waals surface area contributed by atoms with Crippen LogP contribution in [-0.4, -0.2) is 12.3 Å². The Morgan fingerprint density at radius 3 is 2.87 bits per heavy atom. The fourth-order valence-corrected chi connectivity index (χ4v) is 2.48. The molecule has 0 fully saturated rings. The maximum atomic E-state index is 11.8. The Bertz CT molecular complexity index is 324. The van der Waals surface area contributed by atoms with Crippen LogP contribution in [-0.2, 0) is 11.2 Å². The van der Waals surface area contributed by atoms with Crippen LogP contribution in [0.3, 0.4) is 0 Å². The molecule has 15 heavy (non-hydrogen) atoms. The Morgan fingerprint density at radius 2 is 2.33 bits per heavy atom. The van der Waals surface area contributed by atoms with Crippen molar-refractivity contribution in [1.82, 2.24) is 0 Å². The fraction of sp³-hybridized carbons (Fsp3) is 0.545. The van der Waals surface area contributed by atoms with Gasteiger partial charge in [-0.1, -0.05) is 18.5 Å². The molecule has 0 saturated carbocycles. The first-order valence-corrected chi connectivity index (χ1v) is 6.30. The smallest absolute Gasteiger partial charge is 0.140 e. The second-order valence-corrected chi connectivity index (χ2v) is 5.48. The number of Topliss-reactive ketones (excluding diaryl/α,β-unsaturated/α-hetero) is 1. The van der Waals surface area contributed by atoms with Gasteiger partial charge in [0.05, 0.1) is 4.34 Å². The van der Waals surface area contributed by atoms with Crippen molar-refractivity contribution in [3.63, 3.8) is 0 Å². The van der Waals surface area contributed by atoms with E-state index in [0.717, 1.165) is 22.1 Å². The summed E-state index contributed by atoms with van der Waals surface area (Å²) >= 11 is 7.27. The Morgan fingerprint density at radius 1 is 1.60 bits per heavy atom. The van der Waals surface area contributed by atoms with Gasteiger partial charge in [-0.25, -0.2) is 0 Å². The summed E-state index contributed by atoms with van der Waals surface area (Å²) in [5.74, 6) is 0.386. The Balaban J connectivity index is 2.41. The number of ketones is 1. The molecule has 1 aromatic heterocycles. The third-order valence-electron chi connectivity index (χ3n) is 2.37. The first-order valence-electron chi connectivity index (χ1n) is 5.10. The number of carbonyl (C=O) groups is 1. The standard InChI is InChI=1S/C11H16ClNOS/c1-8(3-2-6-13)10(14)7-9-4-5-11(12)15-9/h4-5,8H,2-3,6-7,13H2,1H3. The minimum Gasteiger partial charge on any atom is -0.330 e. The summed E-state index contributed by atoms with van der Waals surface area (Å²) in [4.78, 5) is 12.8. The van der Waals surface area contributed by atoms with Crippen molar-refractivity contribution < 1.29 is 4.79 Å². The van der Waals surface area contributed by atoms with Gasteiger partial charge in [-0.2, -0.15) is 0 Å². The second kappa shape index (κ2) is 6.26. The Labute approximate surface area is 99.4 Å². The van der Waals surface area contributed by atoms with E-state index in [-0.39, 0.29) is 11.7 Å². The molecule has 0 aliphatic carbocycles. The van der Waals surface area contributed by atoms with Gasteiger partial charge in [0.15, 0.2) is 0 Å². The van der Waals surface area contributed by atoms with Crippen LogP contribution >= 0.6 is 22.9 Å². The summed E-state index contributed by atoms with van der Waals surface area (Å²) in [6.07, 6.45) is 2.30. The molecule has 1 aromatic rings. The van der Waals surface area contributed by atoms with Gasteiger partial charge in [-0.05, 0) is 31.5 Å². The highest BCUT2D eigenvalue weighted by molar-refractivity contribution is 7.16. The van der Waals surface area contributed by atoms with Crippen LogP contribution in [0.25, 0.3) is 0 Å². The predicted molar refractivity (Wildman–Crippen MR) is 65.5 cm³/mol. The van der Waals surface area contributed by atoms with Gasteiger partial charge in [0.2, 0.25) is 0 Å². The van der Waals surface area contributed by atoms with E-state index >= 15 is 0 Å². The third kappa shape index (κ3) is 4.33. The molecule has 2 N–H and O–H groups in total. The molecule has 0 bridgehead atoms. The van der Waals surface area contributed by atoms with Gasteiger partial charge < -0.3 is 5.73 Å². The van der Waals surface area contributed by atoms with Crippen LogP contribution < -0.4 is 5.73 Å². The number of hydrogen-bond donors (Lipinski definition) is 1. The van der Waals surface area contributed by atoms with E-state index in [1.807, 2.05) is 19.1 Å². The number of thiophene rings is 1. The van der Waals surface area contributed by atoms with Crippen molar-refractivity contribution >= 4 is 28.7 Å². The molecule has 0 radical (unpaired) electrons. The van der Waals surface area contributed by atoms with Crippen LogP contribution in [0.15, 0.2) is 12.1 Å². The summed E-state index contributed by atoms with van der Waals surface area (Å²) < 4.78 is 0.743. The van der Waals surface area contributed by atoms with Crippen molar-refractivity contribution in [3.05, 3.63) is 21.3 Å². The van der Waals surface area contributed by atoms with E-state index in [2.05, 4.69) is 0 Å². The maximum absolute atomic E-state index is 11.8. The number of rotatable bonds is 6. The molecule has 0 amide bonds. The van der Waals surface area contributed by atoms with Gasteiger partial charge >= 0.3 is 0 Å². The van der Waals surface area contributed by atoms with E-state index in [9.17, 15) is 4.79 Å². The Kier molecular flexibility index (Phi) is 5.29. The average molecular weight is 246 g/mol. The summed E-state index contributed by atoms with van der Waals surface area (Å²) in [5.41, 5.74) is 5.41. The minimum atomic E-state index is 0.106. The normalized spacial score (nSPS) is 12.7. The van der Waals surface area contributed by atoms with Crippen LogP contribution in [0.5, 0.6) is 0 Å². The zero-order valence-electron chi connectivity index (χ0n) is 8.83. The molecule has 1 atom stereocenters. The van der Waals surface area contributed by atoms with E-state index < -0.39 is 0 Å². The molecule has 84 valence electrons. The summed E-state index contributed by atoms with van der Waals surface area (Å²) in [6.45, 7) is 2.62. The minimum absolute atomic E-state index is 0.106. The number of carbonyl (C=O) groups excluding carboxylic acids is 1. The SMILES string of the molecule is CC(CCCN)C(=O)Cc1ccc(Cl)s1. The monoisotopic (exact) mass is 245 g/mol. The number of nitrogens with two attached hydrogens (primary N) is 1. The lowest BCUT2D eigenvalue weighted by atomic mass is 9.98. The molecule has 4 heteroatoms. The van der Waals surface area contributed by atoms with Crippen molar-refractivity contribution in [2.75, 3.05) is 6.54 Å². The molecule has 0 aliphatic heterocycles. The first-order chi connectivity index (χ1) is 7.13. The highest BCUT2D eigenvalue weighted by Gasteiger charge is 2.13. The molecule has 2 nitrogen and oxygen atoms in total. The van der Waals surface area contributed by atoms with E-state index in [4.69, 9.17) is 17.3 Å². The molecule has 1 rings (SSSR count). The van der Waals surface area contributed by atoms with Gasteiger partial charge in [0, 0.05) is 17.2 Å². The highest BCUT2D eigenvalue weighted by Crippen LogP contribution is 2.23. The lowest BCUT2D eigenvalue weighted by molar-refractivity contribution is -0.121. The molecular weight excluding hydrogens is 230 g/mol. The van der Waals surface area contributed by atoms with Crippen molar-refractivity contribution in [3.8, 4) is 0 Å². The molecule has 1 heterocycles. The largest absolute Gasteiger partial charge is 0.330 e. The van der Waals surface area contributed by atoms with E-state index in [1.165, 1.54) is 11.3 Å². The van der Waals surface area contributed by atoms with Crippen LogP contribution in [0.1, 0.15) is 24.6 Å². The van der Waals surface area contributed by atoms with Gasteiger partial charge in [0.25, 0.3) is 0 Å². The Hall–Kier alpha value is -0.380. The number of hydrogen-bond acceptors (Lipinski definition) is 3. The lowest BCUT2D eigenvalue weighted by Crippen LogP contribution is -2.14. The highest BCUT2D eigenvalue weighted by atomic mass is 35.5. The van der Waals surface area contributed by atoms with Crippen LogP contribution in [0, 0.1) is 5.92 Å². The fourth-order valence-electron chi connectivity index (χ4n) is 1.38. The second-order valence-electron chi connectivity index (χ2n) is 3.68. The summed E-state index contributed by atoms with van der Waals surface area (Å²) in [6, 6.07) is 3.75. The zero-order valence-corrected chi connectivity index (χ0v) is 10.4. The van der Waals surface area contributed by atoms with Crippen molar-refractivity contribution in [2.24, 2.45) is 11.7 Å². The maximum Gasteiger partial charge on any atom is 0.140 e. The van der Waals surface area contributed by atoms with Crippen molar-refractivity contribution in [2.45, 2.75) is 26.2 Å². The van der Waals surface area contributed by atoms with Gasteiger partial charge in [0.1, 0.15) is 5.78 Å². The van der Waals surface area contributed by atoms with E-state index in [0.29, 0.717) is 13.0 Å². The molecule has 1 unspecified atom stereocenters. The molecule has 0 aromatic carbocycles.